The lowest BCUT2D eigenvalue weighted by Crippen LogP contribution is -2.21. The molecule has 0 saturated carbocycles. The summed E-state index contributed by atoms with van der Waals surface area (Å²) in [6, 6.07) is 64.6. The second-order valence-electron chi connectivity index (χ2n) is 16.8. The van der Waals surface area contributed by atoms with Gasteiger partial charge in [-0.15, -0.1) is 0 Å². The summed E-state index contributed by atoms with van der Waals surface area (Å²) in [5.74, 6) is 0. The summed E-state index contributed by atoms with van der Waals surface area (Å²) < 4.78 is 4.94. The Morgan fingerprint density at radius 2 is 1.08 bits per heavy atom. The van der Waals surface area contributed by atoms with Crippen molar-refractivity contribution in [3.63, 3.8) is 0 Å². The number of hydrogen-bond donors (Lipinski definition) is 1. The zero-order chi connectivity index (χ0) is 41.0. The third kappa shape index (κ3) is 6.20. The molecule has 9 aromatic rings. The molecule has 12 rings (SSSR count). The molecule has 0 radical (unpaired) electrons. The van der Waals surface area contributed by atoms with Gasteiger partial charge in [-0.3, -0.25) is 0 Å². The first-order valence-corrected chi connectivity index (χ1v) is 22.0. The minimum atomic E-state index is 0.0817. The van der Waals surface area contributed by atoms with E-state index in [-0.39, 0.29) is 6.04 Å². The molecule has 0 saturated heterocycles. The molecule has 0 fully saturated rings. The van der Waals surface area contributed by atoms with E-state index in [4.69, 9.17) is 0 Å². The summed E-state index contributed by atoms with van der Waals surface area (Å²) in [4.78, 5) is 0. The Hall–Kier alpha value is -7.62. The molecule has 296 valence electrons. The second-order valence-corrected chi connectivity index (χ2v) is 16.8. The number of para-hydroxylation sites is 2. The van der Waals surface area contributed by atoms with Crippen molar-refractivity contribution >= 4 is 45.2 Å². The standard InChI is InChI=1S/C59H45N3/c1-4-15-40(16-5-1)46-38-54(43-17-6-2-7-18-43)60-55(39-46)44-29-27-41(28-30-44)45-33-36-58-53(37-45)51-22-11-12-25-56(51)61(58)48-34-31-42(32-35-48)49-23-14-24-52-50-21-10-13-26-57(50)62(59(49)52)47-19-8-3-9-20-47/h1-9,12-20,23-39,54,60H,10-11,21-22H2. The van der Waals surface area contributed by atoms with Gasteiger partial charge >= 0.3 is 0 Å². The van der Waals surface area contributed by atoms with Crippen molar-refractivity contribution < 1.29 is 0 Å². The van der Waals surface area contributed by atoms with Crippen LogP contribution >= 0.6 is 0 Å². The van der Waals surface area contributed by atoms with E-state index in [1.165, 1.54) is 100 Å². The van der Waals surface area contributed by atoms with Crippen molar-refractivity contribution in [2.75, 3.05) is 0 Å². The van der Waals surface area contributed by atoms with Crippen molar-refractivity contribution in [2.24, 2.45) is 0 Å². The van der Waals surface area contributed by atoms with E-state index in [2.05, 4.69) is 227 Å². The summed E-state index contributed by atoms with van der Waals surface area (Å²) in [5, 5.41) is 6.52. The highest BCUT2D eigenvalue weighted by atomic mass is 15.0. The van der Waals surface area contributed by atoms with Gasteiger partial charge in [0.05, 0.1) is 17.1 Å². The molecule has 7 aromatic carbocycles. The van der Waals surface area contributed by atoms with Crippen LogP contribution in [0.5, 0.6) is 0 Å². The van der Waals surface area contributed by atoms with Crippen molar-refractivity contribution in [3.8, 4) is 33.6 Å². The molecule has 1 unspecified atom stereocenters. The molecular weight excluding hydrogens is 751 g/mol. The SMILES string of the molecule is C1=Cc2c(c3cc(-c4ccc(C5=CC(c6ccccc6)=CC(c6ccccc6)N5)cc4)ccc3n2-c2ccc(-c3cccc4c5c(n(-c6ccccc6)c34)C=CCC5)cc2)CC1. The molecular formula is C59H45N3. The first-order valence-electron chi connectivity index (χ1n) is 22.0. The first kappa shape index (κ1) is 36.2. The van der Waals surface area contributed by atoms with Crippen LogP contribution in [-0.4, -0.2) is 9.13 Å². The van der Waals surface area contributed by atoms with Gasteiger partial charge in [0, 0.05) is 44.8 Å². The minimum Gasteiger partial charge on any atom is -0.374 e. The van der Waals surface area contributed by atoms with E-state index >= 15 is 0 Å². The zero-order valence-corrected chi connectivity index (χ0v) is 34.5. The van der Waals surface area contributed by atoms with Crippen LogP contribution in [0.3, 0.4) is 0 Å². The van der Waals surface area contributed by atoms with E-state index in [0.717, 1.165) is 31.4 Å². The van der Waals surface area contributed by atoms with Gasteiger partial charge in [0.1, 0.15) is 0 Å². The van der Waals surface area contributed by atoms with Gasteiger partial charge in [-0.05, 0) is 136 Å². The molecule has 3 aliphatic rings. The van der Waals surface area contributed by atoms with Gasteiger partial charge in [-0.25, -0.2) is 0 Å². The van der Waals surface area contributed by atoms with Crippen LogP contribution in [0.4, 0.5) is 0 Å². The van der Waals surface area contributed by atoms with Crippen molar-refractivity contribution in [1.29, 1.82) is 0 Å². The summed E-state index contributed by atoms with van der Waals surface area (Å²) >= 11 is 0. The van der Waals surface area contributed by atoms with E-state index in [1.54, 1.807) is 0 Å². The Morgan fingerprint density at radius 1 is 0.468 bits per heavy atom. The van der Waals surface area contributed by atoms with E-state index in [0.29, 0.717) is 0 Å². The number of dihydropyridines is 1. The summed E-state index contributed by atoms with van der Waals surface area (Å²) in [6.45, 7) is 0. The molecule has 3 heteroatoms. The Kier molecular flexibility index (Phi) is 8.85. The fraction of sp³-hybridized carbons (Fsp3) is 0.0847. The fourth-order valence-electron chi connectivity index (χ4n) is 10.1. The van der Waals surface area contributed by atoms with Gasteiger partial charge in [-0.2, -0.15) is 0 Å². The maximum Gasteiger partial charge on any atom is 0.0707 e. The average molecular weight is 796 g/mol. The van der Waals surface area contributed by atoms with Crippen LogP contribution < -0.4 is 5.32 Å². The maximum absolute atomic E-state index is 3.83. The average Bonchev–Trinajstić information content (AvgIpc) is 3.88. The van der Waals surface area contributed by atoms with Crippen LogP contribution in [0.15, 0.2) is 200 Å². The highest BCUT2D eigenvalue weighted by molar-refractivity contribution is 6.01. The highest BCUT2D eigenvalue weighted by Gasteiger charge is 2.23. The lowest BCUT2D eigenvalue weighted by Gasteiger charge is -2.26. The lowest BCUT2D eigenvalue weighted by molar-refractivity contribution is 0.767. The maximum atomic E-state index is 3.83. The molecule has 1 atom stereocenters. The van der Waals surface area contributed by atoms with Crippen LogP contribution in [0.1, 0.15) is 58.1 Å². The predicted octanol–water partition coefficient (Wildman–Crippen LogP) is 14.6. The van der Waals surface area contributed by atoms with Gasteiger partial charge in [0.25, 0.3) is 0 Å². The molecule has 3 heterocycles. The number of benzene rings is 7. The van der Waals surface area contributed by atoms with Crippen LogP contribution in [0.25, 0.3) is 78.9 Å². The quantitative estimate of drug-likeness (QED) is 0.170. The predicted molar refractivity (Wildman–Crippen MR) is 260 cm³/mol. The number of fused-ring (bicyclic) bond motifs is 6. The molecule has 62 heavy (non-hydrogen) atoms. The van der Waals surface area contributed by atoms with Crippen molar-refractivity contribution in [3.05, 3.63) is 239 Å². The first-order chi connectivity index (χ1) is 30.7. The summed E-state index contributed by atoms with van der Waals surface area (Å²) in [6.07, 6.45) is 18.2. The topological polar surface area (TPSA) is 21.9 Å². The number of aryl methyl sites for hydroxylation is 2. The van der Waals surface area contributed by atoms with Crippen molar-refractivity contribution in [1.82, 2.24) is 14.5 Å². The number of nitrogens with one attached hydrogen (secondary N) is 1. The number of nitrogens with zero attached hydrogens (tertiary/aromatic N) is 2. The normalized spacial score (nSPS) is 15.5. The number of allylic oxidation sites excluding steroid dienone is 4. The van der Waals surface area contributed by atoms with Gasteiger partial charge in [0.15, 0.2) is 0 Å². The summed E-state index contributed by atoms with van der Waals surface area (Å²) in [5.41, 5.74) is 21.3. The van der Waals surface area contributed by atoms with Crippen molar-refractivity contribution in [2.45, 2.75) is 31.7 Å². The van der Waals surface area contributed by atoms with Crippen LogP contribution in [0, 0.1) is 0 Å². The Labute approximate surface area is 362 Å². The monoisotopic (exact) mass is 795 g/mol. The fourth-order valence-corrected chi connectivity index (χ4v) is 10.1. The van der Waals surface area contributed by atoms with Gasteiger partial charge in [-0.1, -0.05) is 152 Å². The molecule has 0 bridgehead atoms. The molecule has 1 aliphatic heterocycles. The van der Waals surface area contributed by atoms with Gasteiger partial charge in [0.2, 0.25) is 0 Å². The molecule has 3 nitrogen and oxygen atoms in total. The van der Waals surface area contributed by atoms with Crippen LogP contribution in [-0.2, 0) is 12.8 Å². The Balaban J connectivity index is 0.889. The van der Waals surface area contributed by atoms with Crippen LogP contribution in [0.2, 0.25) is 0 Å². The molecule has 2 aliphatic carbocycles. The Bertz CT molecular complexity index is 3270. The Morgan fingerprint density at radius 3 is 1.82 bits per heavy atom. The second kappa shape index (κ2) is 15.1. The molecule has 0 amide bonds. The third-order valence-corrected chi connectivity index (χ3v) is 13.1. The molecule has 2 aromatic heterocycles. The highest BCUT2D eigenvalue weighted by Crippen LogP contribution is 2.41. The number of hydrogen-bond acceptors (Lipinski definition) is 1. The molecule has 1 N–H and O–H groups in total. The smallest absolute Gasteiger partial charge is 0.0707 e. The third-order valence-electron chi connectivity index (χ3n) is 13.1. The lowest BCUT2D eigenvalue weighted by atomic mass is 9.93. The number of aromatic nitrogens is 2. The van der Waals surface area contributed by atoms with Gasteiger partial charge < -0.3 is 14.5 Å². The number of rotatable bonds is 7. The molecule has 0 spiro atoms. The zero-order valence-electron chi connectivity index (χ0n) is 34.5. The van der Waals surface area contributed by atoms with E-state index < -0.39 is 0 Å². The van der Waals surface area contributed by atoms with E-state index in [1.807, 2.05) is 0 Å². The van der Waals surface area contributed by atoms with E-state index in [9.17, 15) is 0 Å². The summed E-state index contributed by atoms with van der Waals surface area (Å²) in [7, 11) is 0. The largest absolute Gasteiger partial charge is 0.374 e. The minimum absolute atomic E-state index is 0.0817.